The average molecular weight is 394 g/mol. The maximum Gasteiger partial charge on any atom is 0.258 e. The van der Waals surface area contributed by atoms with E-state index in [-0.39, 0.29) is 29.8 Å². The zero-order chi connectivity index (χ0) is 19.7. The lowest BCUT2D eigenvalue weighted by atomic mass is 10.1. The van der Waals surface area contributed by atoms with Gasteiger partial charge in [-0.25, -0.2) is 4.98 Å². The summed E-state index contributed by atoms with van der Waals surface area (Å²) in [7, 11) is 0. The van der Waals surface area contributed by atoms with Gasteiger partial charge in [-0.2, -0.15) is 0 Å². The number of carbonyl (C=O) groups is 2. The molecule has 142 valence electrons. The monoisotopic (exact) mass is 394 g/mol. The van der Waals surface area contributed by atoms with Crippen LogP contribution in [0.4, 0.5) is 10.8 Å². The molecule has 1 atom stereocenters. The molecular formula is C20H18N4O3S. The zero-order valence-electron chi connectivity index (χ0n) is 15.1. The molecule has 0 fully saturated rings. The van der Waals surface area contributed by atoms with Crippen molar-refractivity contribution in [3.05, 3.63) is 75.1 Å². The molecule has 2 aromatic heterocycles. The number of pyridine rings is 1. The van der Waals surface area contributed by atoms with Crippen molar-refractivity contribution in [2.24, 2.45) is 0 Å². The van der Waals surface area contributed by atoms with Gasteiger partial charge in [0.1, 0.15) is 0 Å². The molecule has 4 rings (SSSR count). The highest BCUT2D eigenvalue weighted by Gasteiger charge is 2.30. The highest BCUT2D eigenvalue weighted by molar-refractivity contribution is 7.14. The van der Waals surface area contributed by atoms with Crippen LogP contribution in [0.2, 0.25) is 0 Å². The Morgan fingerprint density at radius 1 is 1.29 bits per heavy atom. The van der Waals surface area contributed by atoms with Crippen molar-refractivity contribution in [2.45, 2.75) is 25.8 Å². The normalized spacial score (nSPS) is 15.3. The van der Waals surface area contributed by atoms with Crippen LogP contribution in [-0.4, -0.2) is 27.8 Å². The Kier molecular flexibility index (Phi) is 4.79. The maximum atomic E-state index is 12.8. The third-order valence-electron chi connectivity index (χ3n) is 4.63. The molecule has 2 N–H and O–H groups in total. The summed E-state index contributed by atoms with van der Waals surface area (Å²) < 4.78 is 0. The summed E-state index contributed by atoms with van der Waals surface area (Å²) in [5.74, 6) is -0.383. The Morgan fingerprint density at radius 2 is 2.11 bits per heavy atom. The number of para-hydroxylation sites is 1. The van der Waals surface area contributed by atoms with Gasteiger partial charge in [0.25, 0.3) is 5.91 Å². The number of thiazole rings is 1. The Labute approximate surface area is 165 Å². The number of anilines is 2. The predicted molar refractivity (Wildman–Crippen MR) is 108 cm³/mol. The van der Waals surface area contributed by atoms with Crippen molar-refractivity contribution in [1.29, 1.82) is 0 Å². The van der Waals surface area contributed by atoms with Crippen molar-refractivity contribution >= 4 is 34.0 Å². The molecule has 1 aliphatic rings. The highest BCUT2D eigenvalue weighted by atomic mass is 32.1. The molecule has 3 heterocycles. The van der Waals surface area contributed by atoms with Gasteiger partial charge in [0.05, 0.1) is 17.7 Å². The number of aromatic amines is 1. The molecule has 0 bridgehead atoms. The number of nitrogens with one attached hydrogen (secondary N) is 2. The van der Waals surface area contributed by atoms with Crippen molar-refractivity contribution in [2.75, 3.05) is 10.2 Å². The van der Waals surface area contributed by atoms with E-state index in [9.17, 15) is 14.4 Å². The van der Waals surface area contributed by atoms with Crippen LogP contribution >= 0.6 is 11.3 Å². The van der Waals surface area contributed by atoms with Crippen LogP contribution < -0.4 is 15.8 Å². The molecule has 3 aromatic rings. The molecule has 0 saturated heterocycles. The van der Waals surface area contributed by atoms with Crippen molar-refractivity contribution in [1.82, 2.24) is 9.97 Å². The van der Waals surface area contributed by atoms with E-state index < -0.39 is 0 Å². The molecule has 0 spiro atoms. The number of fused-ring (bicyclic) bond motifs is 1. The van der Waals surface area contributed by atoms with Gasteiger partial charge in [0.15, 0.2) is 5.13 Å². The van der Waals surface area contributed by atoms with Gasteiger partial charge in [0, 0.05) is 29.4 Å². The van der Waals surface area contributed by atoms with E-state index in [1.54, 1.807) is 5.38 Å². The Balaban J connectivity index is 1.43. The number of benzene rings is 1. The fraction of sp³-hybridized carbons (Fsp3) is 0.200. The first-order valence-electron chi connectivity index (χ1n) is 8.86. The number of amides is 2. The molecule has 0 unspecified atom stereocenters. The highest BCUT2D eigenvalue weighted by Crippen LogP contribution is 2.32. The lowest BCUT2D eigenvalue weighted by Crippen LogP contribution is -2.36. The number of aromatic nitrogens is 2. The van der Waals surface area contributed by atoms with Crippen LogP contribution in [0.5, 0.6) is 0 Å². The summed E-state index contributed by atoms with van der Waals surface area (Å²) >= 11 is 1.26. The number of H-pyrrole nitrogens is 1. The van der Waals surface area contributed by atoms with Gasteiger partial charge in [-0.05, 0) is 31.0 Å². The third-order valence-corrected chi connectivity index (χ3v) is 5.43. The smallest absolute Gasteiger partial charge is 0.258 e. The van der Waals surface area contributed by atoms with E-state index in [4.69, 9.17) is 0 Å². The number of hydrogen-bond acceptors (Lipinski definition) is 5. The average Bonchev–Trinajstić information content (AvgIpc) is 3.24. The van der Waals surface area contributed by atoms with Gasteiger partial charge in [-0.15, -0.1) is 11.3 Å². The molecule has 1 aliphatic heterocycles. The molecule has 28 heavy (non-hydrogen) atoms. The van der Waals surface area contributed by atoms with E-state index in [0.717, 1.165) is 12.1 Å². The quantitative estimate of drug-likeness (QED) is 0.711. The van der Waals surface area contributed by atoms with E-state index in [1.807, 2.05) is 36.1 Å². The lowest BCUT2D eigenvalue weighted by Gasteiger charge is -2.22. The standard InChI is InChI=1S/C20H18N4O3S/c1-12-8-13-4-2-3-5-16(13)24(12)18(26)9-15-11-28-20(22-15)23-19(27)14-6-7-17(25)21-10-14/h2-7,10-12H,8-9H2,1H3,(H,21,25)(H,22,23,27)/t12-/m1/s1. The predicted octanol–water partition coefficient (Wildman–Crippen LogP) is 2.60. The first-order valence-corrected chi connectivity index (χ1v) is 9.73. The van der Waals surface area contributed by atoms with E-state index >= 15 is 0 Å². The van der Waals surface area contributed by atoms with Gasteiger partial charge < -0.3 is 9.88 Å². The number of nitrogens with zero attached hydrogens (tertiary/aromatic N) is 2. The topological polar surface area (TPSA) is 95.2 Å². The lowest BCUT2D eigenvalue weighted by molar-refractivity contribution is -0.118. The summed E-state index contributed by atoms with van der Waals surface area (Å²) in [5, 5.41) is 4.87. The van der Waals surface area contributed by atoms with Crippen molar-refractivity contribution in [3.63, 3.8) is 0 Å². The summed E-state index contributed by atoms with van der Waals surface area (Å²) in [5.41, 5.74) is 2.81. The van der Waals surface area contributed by atoms with Crippen LogP contribution in [0.25, 0.3) is 0 Å². The number of hydrogen-bond donors (Lipinski definition) is 2. The molecule has 0 aliphatic carbocycles. The fourth-order valence-electron chi connectivity index (χ4n) is 3.35. The Hall–Kier alpha value is -3.26. The van der Waals surface area contributed by atoms with Gasteiger partial charge >= 0.3 is 0 Å². The van der Waals surface area contributed by atoms with Crippen LogP contribution in [0.15, 0.2) is 52.8 Å². The van der Waals surface area contributed by atoms with Gasteiger partial charge in [0.2, 0.25) is 11.5 Å². The van der Waals surface area contributed by atoms with E-state index in [0.29, 0.717) is 16.4 Å². The summed E-state index contributed by atoms with van der Waals surface area (Å²) in [4.78, 5) is 44.8. The molecular weight excluding hydrogens is 376 g/mol. The Morgan fingerprint density at radius 3 is 2.89 bits per heavy atom. The molecule has 0 saturated carbocycles. The molecule has 1 aromatic carbocycles. The first kappa shape index (κ1) is 18.1. The van der Waals surface area contributed by atoms with Crippen LogP contribution in [-0.2, 0) is 17.6 Å². The first-order chi connectivity index (χ1) is 13.5. The second-order valence-electron chi connectivity index (χ2n) is 6.66. The molecule has 7 nitrogen and oxygen atoms in total. The van der Waals surface area contributed by atoms with E-state index in [1.165, 1.54) is 35.2 Å². The van der Waals surface area contributed by atoms with Crippen molar-refractivity contribution in [3.8, 4) is 0 Å². The molecule has 0 radical (unpaired) electrons. The second kappa shape index (κ2) is 7.40. The number of carbonyl (C=O) groups excluding carboxylic acids is 2. The minimum Gasteiger partial charge on any atom is -0.328 e. The van der Waals surface area contributed by atoms with Crippen molar-refractivity contribution < 1.29 is 9.59 Å². The fourth-order valence-corrected chi connectivity index (χ4v) is 4.06. The Bertz CT molecular complexity index is 1080. The zero-order valence-corrected chi connectivity index (χ0v) is 16.0. The van der Waals surface area contributed by atoms with Gasteiger partial charge in [-0.3, -0.25) is 19.7 Å². The van der Waals surface area contributed by atoms with E-state index in [2.05, 4.69) is 15.3 Å². The summed E-state index contributed by atoms with van der Waals surface area (Å²) in [6.45, 7) is 2.04. The third kappa shape index (κ3) is 3.59. The van der Waals surface area contributed by atoms with Gasteiger partial charge in [-0.1, -0.05) is 18.2 Å². The summed E-state index contributed by atoms with van der Waals surface area (Å²) in [6, 6.07) is 10.8. The SMILES string of the molecule is C[C@@H]1Cc2ccccc2N1C(=O)Cc1csc(NC(=O)c2ccc(=O)[nH]c2)n1. The maximum absolute atomic E-state index is 12.8. The molecule has 2 amide bonds. The minimum atomic E-state index is -0.370. The summed E-state index contributed by atoms with van der Waals surface area (Å²) in [6.07, 6.45) is 2.37. The van der Waals surface area contributed by atoms with Crippen LogP contribution in [0.1, 0.15) is 28.5 Å². The number of rotatable bonds is 4. The minimum absolute atomic E-state index is 0.0127. The second-order valence-corrected chi connectivity index (χ2v) is 7.52. The molecule has 8 heteroatoms. The van der Waals surface area contributed by atoms with Crippen LogP contribution in [0.3, 0.4) is 0 Å². The largest absolute Gasteiger partial charge is 0.328 e. The van der Waals surface area contributed by atoms with Crippen LogP contribution in [0, 0.1) is 0 Å².